The molecule has 2 aromatic rings. The Bertz CT molecular complexity index is 562. The fourth-order valence-corrected chi connectivity index (χ4v) is 2.24. The summed E-state index contributed by atoms with van der Waals surface area (Å²) in [6, 6.07) is 7.45. The van der Waals surface area contributed by atoms with Gasteiger partial charge in [0.2, 0.25) is 0 Å². The van der Waals surface area contributed by atoms with E-state index in [-0.39, 0.29) is 12.5 Å². The summed E-state index contributed by atoms with van der Waals surface area (Å²) in [4.78, 5) is 0. The molecule has 1 N–H and O–H groups in total. The van der Waals surface area contributed by atoms with Crippen molar-refractivity contribution in [1.82, 2.24) is 9.78 Å². The second-order valence-electron chi connectivity index (χ2n) is 4.58. The number of benzene rings is 1. The van der Waals surface area contributed by atoms with Gasteiger partial charge in [0.1, 0.15) is 10.9 Å². The van der Waals surface area contributed by atoms with Crippen molar-refractivity contribution in [3.05, 3.63) is 40.7 Å². The molecule has 1 heterocycles. The summed E-state index contributed by atoms with van der Waals surface area (Å²) < 4.78 is 6.76. The molecule has 1 aromatic carbocycles. The van der Waals surface area contributed by atoms with Gasteiger partial charge in [-0.3, -0.25) is 0 Å². The van der Waals surface area contributed by atoms with Gasteiger partial charge in [-0.05, 0) is 30.2 Å². The summed E-state index contributed by atoms with van der Waals surface area (Å²) in [5, 5.41) is 14.4. The van der Waals surface area contributed by atoms with Crippen molar-refractivity contribution in [3.63, 3.8) is 0 Å². The van der Waals surface area contributed by atoms with Crippen molar-refractivity contribution in [2.75, 3.05) is 7.11 Å². The first-order chi connectivity index (χ1) is 9.08. The van der Waals surface area contributed by atoms with E-state index in [0.717, 1.165) is 17.1 Å². The standard InChI is InChI=1S/C14H17ClN2O2/c1-9(2)13-12(8-18)14(15)17(16-13)10-4-6-11(19-3)7-5-10/h4-7,9,18H,8H2,1-3H3. The Hall–Kier alpha value is -1.52. The molecular weight excluding hydrogens is 264 g/mol. The van der Waals surface area contributed by atoms with Gasteiger partial charge in [0, 0.05) is 5.56 Å². The van der Waals surface area contributed by atoms with E-state index in [9.17, 15) is 5.11 Å². The van der Waals surface area contributed by atoms with E-state index < -0.39 is 0 Å². The molecule has 5 heteroatoms. The molecule has 0 unspecified atom stereocenters. The Morgan fingerprint density at radius 3 is 2.37 bits per heavy atom. The minimum atomic E-state index is -0.109. The number of halogens is 1. The monoisotopic (exact) mass is 280 g/mol. The maximum absolute atomic E-state index is 9.43. The van der Waals surface area contributed by atoms with Gasteiger partial charge < -0.3 is 9.84 Å². The van der Waals surface area contributed by atoms with Crippen LogP contribution in [0.25, 0.3) is 5.69 Å². The van der Waals surface area contributed by atoms with Gasteiger partial charge >= 0.3 is 0 Å². The van der Waals surface area contributed by atoms with Gasteiger partial charge in [0.25, 0.3) is 0 Å². The van der Waals surface area contributed by atoms with Crippen LogP contribution < -0.4 is 4.74 Å². The predicted octanol–water partition coefficient (Wildman–Crippen LogP) is 3.15. The Kier molecular flexibility index (Phi) is 4.12. The van der Waals surface area contributed by atoms with Crippen molar-refractivity contribution in [1.29, 1.82) is 0 Å². The molecule has 0 bridgehead atoms. The number of ether oxygens (including phenoxy) is 1. The largest absolute Gasteiger partial charge is 0.497 e. The smallest absolute Gasteiger partial charge is 0.138 e. The Morgan fingerprint density at radius 1 is 1.32 bits per heavy atom. The van der Waals surface area contributed by atoms with Crippen molar-refractivity contribution in [3.8, 4) is 11.4 Å². The predicted molar refractivity (Wildman–Crippen MR) is 75.1 cm³/mol. The topological polar surface area (TPSA) is 47.3 Å². The van der Waals surface area contributed by atoms with E-state index in [1.165, 1.54) is 0 Å². The Balaban J connectivity index is 2.49. The molecule has 0 aliphatic rings. The van der Waals surface area contributed by atoms with Crippen molar-refractivity contribution >= 4 is 11.6 Å². The number of rotatable bonds is 4. The van der Waals surface area contributed by atoms with Gasteiger partial charge in [-0.2, -0.15) is 5.10 Å². The first kappa shape index (κ1) is 13.9. The van der Waals surface area contributed by atoms with E-state index >= 15 is 0 Å². The summed E-state index contributed by atoms with van der Waals surface area (Å²) in [6.45, 7) is 3.94. The lowest BCUT2D eigenvalue weighted by Crippen LogP contribution is -1.98. The third kappa shape index (κ3) is 2.60. The van der Waals surface area contributed by atoms with E-state index in [2.05, 4.69) is 5.10 Å². The highest BCUT2D eigenvalue weighted by atomic mass is 35.5. The summed E-state index contributed by atoms with van der Waals surface area (Å²) >= 11 is 6.29. The first-order valence-corrected chi connectivity index (χ1v) is 6.48. The summed E-state index contributed by atoms with van der Waals surface area (Å²) in [6.07, 6.45) is 0. The van der Waals surface area contributed by atoms with Gasteiger partial charge in [0.05, 0.1) is 25.1 Å². The molecule has 0 aliphatic carbocycles. The van der Waals surface area contributed by atoms with E-state index in [1.54, 1.807) is 11.8 Å². The molecular formula is C14H17ClN2O2. The molecule has 4 nitrogen and oxygen atoms in total. The van der Waals surface area contributed by atoms with E-state index in [4.69, 9.17) is 16.3 Å². The maximum Gasteiger partial charge on any atom is 0.138 e. The van der Waals surface area contributed by atoms with E-state index in [1.807, 2.05) is 38.1 Å². The highest BCUT2D eigenvalue weighted by molar-refractivity contribution is 6.30. The van der Waals surface area contributed by atoms with Crippen molar-refractivity contribution in [2.24, 2.45) is 0 Å². The number of hydrogen-bond donors (Lipinski definition) is 1. The number of aliphatic hydroxyl groups excluding tert-OH is 1. The second kappa shape index (κ2) is 5.63. The number of nitrogens with zero attached hydrogens (tertiary/aromatic N) is 2. The SMILES string of the molecule is COc1ccc(-n2nc(C(C)C)c(CO)c2Cl)cc1. The molecule has 0 saturated carbocycles. The molecule has 2 rings (SSSR count). The molecule has 0 amide bonds. The third-order valence-corrected chi connectivity index (χ3v) is 3.36. The van der Waals surface area contributed by atoms with Gasteiger partial charge in [-0.25, -0.2) is 4.68 Å². The summed E-state index contributed by atoms with van der Waals surface area (Å²) in [5.41, 5.74) is 2.35. The second-order valence-corrected chi connectivity index (χ2v) is 4.94. The van der Waals surface area contributed by atoms with Crippen LogP contribution in [-0.2, 0) is 6.61 Å². The fraction of sp³-hybridized carbons (Fsp3) is 0.357. The van der Waals surface area contributed by atoms with Gasteiger partial charge in [0.15, 0.2) is 0 Å². The fourth-order valence-electron chi connectivity index (χ4n) is 1.95. The molecule has 0 fully saturated rings. The summed E-state index contributed by atoms with van der Waals surface area (Å²) in [7, 11) is 1.62. The van der Waals surface area contributed by atoms with Crippen molar-refractivity contribution < 1.29 is 9.84 Å². The normalized spacial score (nSPS) is 11.1. The van der Waals surface area contributed by atoms with Crippen LogP contribution in [0.1, 0.15) is 31.0 Å². The van der Waals surface area contributed by atoms with Crippen LogP contribution in [-0.4, -0.2) is 22.0 Å². The minimum absolute atomic E-state index is 0.109. The van der Waals surface area contributed by atoms with Crippen LogP contribution in [0.3, 0.4) is 0 Å². The number of hydrogen-bond acceptors (Lipinski definition) is 3. The highest BCUT2D eigenvalue weighted by Crippen LogP contribution is 2.28. The lowest BCUT2D eigenvalue weighted by Gasteiger charge is -2.05. The Morgan fingerprint density at radius 2 is 1.95 bits per heavy atom. The van der Waals surface area contributed by atoms with Crippen LogP contribution >= 0.6 is 11.6 Å². The average molecular weight is 281 g/mol. The van der Waals surface area contributed by atoms with Crippen LogP contribution in [0.2, 0.25) is 5.15 Å². The van der Waals surface area contributed by atoms with Crippen LogP contribution in [0.4, 0.5) is 0 Å². The molecule has 0 aliphatic heterocycles. The van der Waals surface area contributed by atoms with Gasteiger partial charge in [-0.1, -0.05) is 25.4 Å². The summed E-state index contributed by atoms with van der Waals surface area (Å²) in [5.74, 6) is 0.984. The molecule has 0 atom stereocenters. The lowest BCUT2D eigenvalue weighted by atomic mass is 10.1. The van der Waals surface area contributed by atoms with Crippen LogP contribution in [0.5, 0.6) is 5.75 Å². The zero-order chi connectivity index (χ0) is 14.0. The number of aliphatic hydroxyl groups is 1. The number of aromatic nitrogens is 2. The number of methoxy groups -OCH3 is 1. The molecule has 1 aromatic heterocycles. The molecule has 102 valence electrons. The van der Waals surface area contributed by atoms with E-state index in [0.29, 0.717) is 10.7 Å². The first-order valence-electron chi connectivity index (χ1n) is 6.11. The maximum atomic E-state index is 9.43. The van der Waals surface area contributed by atoms with Crippen molar-refractivity contribution in [2.45, 2.75) is 26.4 Å². The van der Waals surface area contributed by atoms with Crippen LogP contribution in [0, 0.1) is 0 Å². The minimum Gasteiger partial charge on any atom is -0.497 e. The molecule has 19 heavy (non-hydrogen) atoms. The molecule has 0 saturated heterocycles. The van der Waals surface area contributed by atoms with Crippen LogP contribution in [0.15, 0.2) is 24.3 Å². The average Bonchev–Trinajstić information content (AvgIpc) is 2.76. The third-order valence-electron chi connectivity index (χ3n) is 2.97. The highest BCUT2D eigenvalue weighted by Gasteiger charge is 2.18. The lowest BCUT2D eigenvalue weighted by molar-refractivity contribution is 0.280. The Labute approximate surface area is 117 Å². The quantitative estimate of drug-likeness (QED) is 0.936. The zero-order valence-electron chi connectivity index (χ0n) is 11.2. The van der Waals surface area contributed by atoms with Gasteiger partial charge in [-0.15, -0.1) is 0 Å². The molecule has 0 spiro atoms. The zero-order valence-corrected chi connectivity index (χ0v) is 12.0. The molecule has 0 radical (unpaired) electrons.